The van der Waals surface area contributed by atoms with Crippen molar-refractivity contribution in [2.45, 2.75) is 12.5 Å². The van der Waals surface area contributed by atoms with E-state index in [9.17, 15) is 8.78 Å². The van der Waals surface area contributed by atoms with Crippen LogP contribution in [0.2, 0.25) is 0 Å². The summed E-state index contributed by atoms with van der Waals surface area (Å²) in [6.07, 6.45) is 2.17. The molecule has 1 atom stereocenters. The van der Waals surface area contributed by atoms with Gasteiger partial charge < -0.3 is 14.6 Å². The first-order valence-corrected chi connectivity index (χ1v) is 6.53. The van der Waals surface area contributed by atoms with Crippen molar-refractivity contribution < 1.29 is 23.4 Å². The van der Waals surface area contributed by atoms with Gasteiger partial charge >= 0.3 is 0 Å². The molecule has 1 aliphatic heterocycles. The molecule has 4 nitrogen and oxygen atoms in total. The molecule has 0 saturated carbocycles. The summed E-state index contributed by atoms with van der Waals surface area (Å²) in [7, 11) is 0. The molecule has 1 saturated heterocycles. The summed E-state index contributed by atoms with van der Waals surface area (Å²) in [5.41, 5.74) is 0.715. The predicted octanol–water partition coefficient (Wildman–Crippen LogP) is 2.90. The number of ether oxygens (including phenoxy) is 2. The molecule has 21 heavy (non-hydrogen) atoms. The lowest BCUT2D eigenvalue weighted by atomic mass is 10.1. The minimum Gasteiger partial charge on any atom is -0.503 e. The lowest BCUT2D eigenvalue weighted by molar-refractivity contribution is 0.138. The molecule has 0 radical (unpaired) electrons. The van der Waals surface area contributed by atoms with E-state index in [1.165, 1.54) is 0 Å². The highest BCUT2D eigenvalue weighted by Crippen LogP contribution is 2.33. The Morgan fingerprint density at radius 2 is 2.05 bits per heavy atom. The van der Waals surface area contributed by atoms with Crippen molar-refractivity contribution in [3.05, 3.63) is 42.1 Å². The van der Waals surface area contributed by atoms with Crippen LogP contribution in [0.25, 0.3) is 11.1 Å². The van der Waals surface area contributed by atoms with Gasteiger partial charge in [-0.1, -0.05) is 0 Å². The first-order chi connectivity index (χ1) is 10.1. The molecular formula is C15H13F2NO3. The summed E-state index contributed by atoms with van der Waals surface area (Å²) >= 11 is 0. The van der Waals surface area contributed by atoms with E-state index in [2.05, 4.69) is 4.98 Å². The summed E-state index contributed by atoms with van der Waals surface area (Å²) in [6, 6.07) is 5.40. The molecule has 1 unspecified atom stereocenters. The molecule has 1 aliphatic rings. The van der Waals surface area contributed by atoms with Crippen LogP contribution in [0.4, 0.5) is 8.78 Å². The monoisotopic (exact) mass is 293 g/mol. The highest BCUT2D eigenvalue weighted by molar-refractivity contribution is 5.69. The smallest absolute Gasteiger partial charge is 0.221 e. The molecule has 1 aromatic heterocycles. The molecule has 0 bridgehead atoms. The standard InChI is InChI=1S/C15H13F2NO3/c16-12-6-9(7-13(17)14(12)19)11-2-1-4-18-15(11)21-10-3-5-20-8-10/h1-2,4,6-7,10,19H,3,5,8H2. The zero-order valence-electron chi connectivity index (χ0n) is 11.1. The third kappa shape index (κ3) is 2.80. The van der Waals surface area contributed by atoms with E-state index in [0.717, 1.165) is 18.6 Å². The fraction of sp³-hybridized carbons (Fsp3) is 0.267. The van der Waals surface area contributed by atoms with Gasteiger partial charge in [0.05, 0.1) is 13.2 Å². The Labute approximate surface area is 120 Å². The van der Waals surface area contributed by atoms with Crippen molar-refractivity contribution in [3.63, 3.8) is 0 Å². The second-order valence-corrected chi connectivity index (χ2v) is 4.75. The van der Waals surface area contributed by atoms with Crippen molar-refractivity contribution >= 4 is 0 Å². The zero-order chi connectivity index (χ0) is 14.8. The van der Waals surface area contributed by atoms with Crippen LogP contribution < -0.4 is 4.74 Å². The van der Waals surface area contributed by atoms with Crippen LogP contribution in [0, 0.1) is 11.6 Å². The fourth-order valence-electron chi connectivity index (χ4n) is 2.19. The number of phenolic OH excluding ortho intramolecular Hbond substituents is 1. The van der Waals surface area contributed by atoms with Crippen molar-refractivity contribution in [2.75, 3.05) is 13.2 Å². The predicted molar refractivity (Wildman–Crippen MR) is 71.1 cm³/mol. The fourth-order valence-corrected chi connectivity index (χ4v) is 2.19. The Morgan fingerprint density at radius 1 is 1.29 bits per heavy atom. The summed E-state index contributed by atoms with van der Waals surface area (Å²) in [5, 5.41) is 9.16. The average Bonchev–Trinajstić information content (AvgIpc) is 2.98. The quantitative estimate of drug-likeness (QED) is 0.945. The van der Waals surface area contributed by atoms with Gasteiger partial charge in [-0.3, -0.25) is 0 Å². The van der Waals surface area contributed by atoms with Gasteiger partial charge in [0.15, 0.2) is 17.4 Å². The average molecular weight is 293 g/mol. The van der Waals surface area contributed by atoms with Gasteiger partial charge in [-0.05, 0) is 29.8 Å². The lowest BCUT2D eigenvalue weighted by Gasteiger charge is -2.14. The van der Waals surface area contributed by atoms with Crippen LogP contribution in [-0.4, -0.2) is 29.4 Å². The minimum atomic E-state index is -1.02. The first kappa shape index (κ1) is 13.8. The SMILES string of the molecule is Oc1c(F)cc(-c2cccnc2OC2CCOC2)cc1F. The van der Waals surface area contributed by atoms with Crippen molar-refractivity contribution in [1.29, 1.82) is 0 Å². The van der Waals surface area contributed by atoms with E-state index in [1.807, 2.05) is 0 Å². The summed E-state index contributed by atoms with van der Waals surface area (Å²) < 4.78 is 37.9. The van der Waals surface area contributed by atoms with E-state index >= 15 is 0 Å². The van der Waals surface area contributed by atoms with Gasteiger partial charge in [-0.15, -0.1) is 0 Å². The van der Waals surface area contributed by atoms with Gasteiger partial charge in [0.2, 0.25) is 5.88 Å². The number of phenols is 1. The van der Waals surface area contributed by atoms with E-state index in [0.29, 0.717) is 18.8 Å². The summed E-state index contributed by atoms with van der Waals surface area (Å²) in [6.45, 7) is 1.09. The summed E-state index contributed by atoms with van der Waals surface area (Å²) in [4.78, 5) is 4.12. The minimum absolute atomic E-state index is 0.120. The van der Waals surface area contributed by atoms with Gasteiger partial charge in [-0.2, -0.15) is 0 Å². The number of rotatable bonds is 3. The highest BCUT2D eigenvalue weighted by atomic mass is 19.1. The van der Waals surface area contributed by atoms with Crippen LogP contribution in [0.5, 0.6) is 11.6 Å². The maximum absolute atomic E-state index is 13.5. The number of halogens is 2. The van der Waals surface area contributed by atoms with Gasteiger partial charge in [-0.25, -0.2) is 13.8 Å². The molecule has 1 aromatic carbocycles. The number of aromatic hydroxyl groups is 1. The van der Waals surface area contributed by atoms with E-state index in [-0.39, 0.29) is 17.5 Å². The van der Waals surface area contributed by atoms with Crippen molar-refractivity contribution in [1.82, 2.24) is 4.98 Å². The third-order valence-electron chi connectivity index (χ3n) is 3.27. The van der Waals surface area contributed by atoms with E-state index in [1.54, 1.807) is 18.3 Å². The molecule has 6 heteroatoms. The highest BCUT2D eigenvalue weighted by Gasteiger charge is 2.20. The third-order valence-corrected chi connectivity index (χ3v) is 3.27. The number of hydrogen-bond donors (Lipinski definition) is 1. The normalized spacial score (nSPS) is 17.9. The molecule has 0 aliphatic carbocycles. The lowest BCUT2D eigenvalue weighted by Crippen LogP contribution is -2.16. The van der Waals surface area contributed by atoms with Gasteiger partial charge in [0, 0.05) is 18.2 Å². The van der Waals surface area contributed by atoms with Gasteiger partial charge in [0.25, 0.3) is 0 Å². The molecular weight excluding hydrogens is 280 g/mol. The molecule has 1 fully saturated rings. The number of aromatic nitrogens is 1. The Morgan fingerprint density at radius 3 is 2.71 bits per heavy atom. The number of hydrogen-bond acceptors (Lipinski definition) is 4. The van der Waals surface area contributed by atoms with Crippen LogP contribution in [0.1, 0.15) is 6.42 Å². The Bertz CT molecular complexity index is 634. The molecule has 0 amide bonds. The van der Waals surface area contributed by atoms with Crippen LogP contribution >= 0.6 is 0 Å². The largest absolute Gasteiger partial charge is 0.503 e. The topological polar surface area (TPSA) is 51.6 Å². The maximum Gasteiger partial charge on any atom is 0.221 e. The van der Waals surface area contributed by atoms with E-state index in [4.69, 9.17) is 14.6 Å². The van der Waals surface area contributed by atoms with Crippen LogP contribution in [-0.2, 0) is 4.74 Å². The number of benzene rings is 1. The molecule has 3 rings (SSSR count). The second kappa shape index (κ2) is 5.65. The van der Waals surface area contributed by atoms with Gasteiger partial charge in [0.1, 0.15) is 6.10 Å². The molecule has 0 spiro atoms. The van der Waals surface area contributed by atoms with E-state index < -0.39 is 17.4 Å². The second-order valence-electron chi connectivity index (χ2n) is 4.75. The molecule has 110 valence electrons. The van der Waals surface area contributed by atoms with Crippen molar-refractivity contribution in [3.8, 4) is 22.8 Å². The van der Waals surface area contributed by atoms with Crippen LogP contribution in [0.15, 0.2) is 30.5 Å². The maximum atomic E-state index is 13.5. The molecule has 1 N–H and O–H groups in total. The number of nitrogens with zero attached hydrogens (tertiary/aromatic N) is 1. The first-order valence-electron chi connectivity index (χ1n) is 6.53. The Kier molecular flexibility index (Phi) is 3.70. The van der Waals surface area contributed by atoms with Crippen LogP contribution in [0.3, 0.4) is 0 Å². The number of pyridine rings is 1. The zero-order valence-corrected chi connectivity index (χ0v) is 11.1. The Hall–Kier alpha value is -2.21. The molecule has 2 heterocycles. The van der Waals surface area contributed by atoms with Crippen molar-refractivity contribution in [2.24, 2.45) is 0 Å². The summed E-state index contributed by atoms with van der Waals surface area (Å²) in [5.74, 6) is -2.75. The molecule has 2 aromatic rings. The Balaban J connectivity index is 1.98.